The van der Waals surface area contributed by atoms with Crippen LogP contribution in [0, 0.1) is 13.8 Å². The van der Waals surface area contributed by atoms with Crippen LogP contribution in [0.2, 0.25) is 0 Å². The van der Waals surface area contributed by atoms with Crippen LogP contribution in [0.25, 0.3) is 10.2 Å². The minimum Gasteiger partial charge on any atom is -0.493 e. The van der Waals surface area contributed by atoms with Gasteiger partial charge in [0.15, 0.2) is 9.84 Å². The molecule has 10 heteroatoms. The van der Waals surface area contributed by atoms with Gasteiger partial charge < -0.3 is 14.6 Å². The maximum atomic E-state index is 12.4. The fourth-order valence-electron chi connectivity index (χ4n) is 3.24. The molecule has 0 saturated carbocycles. The first-order valence-corrected chi connectivity index (χ1v) is 12.9. The third kappa shape index (κ3) is 5.74. The van der Waals surface area contributed by atoms with Gasteiger partial charge in [-0.2, -0.15) is 0 Å². The molecule has 1 N–H and O–H groups in total. The predicted molar refractivity (Wildman–Crippen MR) is 125 cm³/mol. The van der Waals surface area contributed by atoms with Crippen molar-refractivity contribution in [2.75, 3.05) is 26.5 Å². The summed E-state index contributed by atoms with van der Waals surface area (Å²) in [6.45, 7) is 4.73. The maximum absolute atomic E-state index is 12.4. The lowest BCUT2D eigenvalue weighted by Gasteiger charge is -2.17. The number of aromatic nitrogens is 2. The number of hydrogen-bond acceptors (Lipinski definition) is 7. The molecule has 0 fully saturated rings. The molecule has 3 rings (SSSR count). The quantitative estimate of drug-likeness (QED) is 0.475. The van der Waals surface area contributed by atoms with E-state index >= 15 is 0 Å². The predicted octanol–water partition coefficient (Wildman–Crippen LogP) is 2.87. The van der Waals surface area contributed by atoms with Gasteiger partial charge in [0, 0.05) is 37.6 Å². The highest BCUT2D eigenvalue weighted by molar-refractivity contribution is 7.90. The number of fused-ring (bicyclic) bond motifs is 1. The van der Waals surface area contributed by atoms with Crippen molar-refractivity contribution in [3.63, 3.8) is 0 Å². The zero-order valence-electron chi connectivity index (χ0n) is 18.6. The van der Waals surface area contributed by atoms with E-state index in [0.29, 0.717) is 47.8 Å². The molecule has 2 aromatic heterocycles. The summed E-state index contributed by atoms with van der Waals surface area (Å²) in [4.78, 5) is 35.7. The van der Waals surface area contributed by atoms with E-state index in [0.717, 1.165) is 16.7 Å². The molecule has 8 nitrogen and oxygen atoms in total. The number of hydrogen-bond donors (Lipinski definition) is 1. The minimum atomic E-state index is -3.29. The number of carbonyl (C=O) groups excluding carboxylic acids is 1. The molecule has 0 aliphatic carbocycles. The van der Waals surface area contributed by atoms with Crippen molar-refractivity contribution in [3.8, 4) is 5.75 Å². The summed E-state index contributed by atoms with van der Waals surface area (Å²) in [5.41, 5.74) is 0.788. The van der Waals surface area contributed by atoms with E-state index in [9.17, 15) is 18.0 Å². The summed E-state index contributed by atoms with van der Waals surface area (Å²) in [6.07, 6.45) is 2.35. The molecular formula is C22H27N3O5S2. The van der Waals surface area contributed by atoms with E-state index in [1.165, 1.54) is 23.5 Å². The first-order chi connectivity index (χ1) is 15.1. The van der Waals surface area contributed by atoms with Gasteiger partial charge in [-0.25, -0.2) is 13.4 Å². The standard InChI is InChI=1S/C22H27N3O5S2/c1-14-15(2)31-22-20(14)21(27)23-18(24-22)9-10-19(26)25(3)11-6-12-30-16-7-5-8-17(13-16)32(4,28)29/h5,7-8,13H,6,9-12H2,1-4H3,(H,23,24,27). The maximum Gasteiger partial charge on any atom is 0.259 e. The van der Waals surface area contributed by atoms with Crippen LogP contribution < -0.4 is 10.3 Å². The van der Waals surface area contributed by atoms with E-state index in [4.69, 9.17) is 4.74 Å². The first kappa shape index (κ1) is 23.9. The fourth-order valence-corrected chi connectivity index (χ4v) is 4.95. The smallest absolute Gasteiger partial charge is 0.259 e. The molecule has 2 heterocycles. The van der Waals surface area contributed by atoms with Gasteiger partial charge in [0.05, 0.1) is 16.9 Å². The first-order valence-electron chi connectivity index (χ1n) is 10.2. The Labute approximate surface area is 191 Å². The van der Waals surface area contributed by atoms with Gasteiger partial charge in [0.1, 0.15) is 16.4 Å². The molecule has 0 radical (unpaired) electrons. The largest absolute Gasteiger partial charge is 0.493 e. The average molecular weight is 478 g/mol. The van der Waals surface area contributed by atoms with E-state index in [1.54, 1.807) is 24.1 Å². The van der Waals surface area contributed by atoms with Crippen molar-refractivity contribution >= 4 is 37.3 Å². The monoisotopic (exact) mass is 477 g/mol. The number of aromatic amines is 1. The second-order valence-electron chi connectivity index (χ2n) is 7.74. The molecule has 0 atom stereocenters. The van der Waals surface area contributed by atoms with Crippen LogP contribution in [-0.4, -0.2) is 55.6 Å². The molecule has 0 aliphatic heterocycles. The van der Waals surface area contributed by atoms with Crippen LogP contribution in [0.15, 0.2) is 34.0 Å². The SMILES string of the molecule is Cc1sc2nc(CCC(=O)N(C)CCCOc3cccc(S(C)(=O)=O)c3)[nH]c(=O)c2c1C. The molecule has 172 valence electrons. The molecule has 1 amide bonds. The van der Waals surface area contributed by atoms with Crippen molar-refractivity contribution in [3.05, 3.63) is 50.9 Å². The highest BCUT2D eigenvalue weighted by atomic mass is 32.2. The number of rotatable bonds is 9. The lowest BCUT2D eigenvalue weighted by Crippen LogP contribution is -2.29. The zero-order valence-corrected chi connectivity index (χ0v) is 20.2. The number of carbonyl (C=O) groups is 1. The number of sulfone groups is 1. The van der Waals surface area contributed by atoms with Crippen molar-refractivity contribution in [1.29, 1.82) is 0 Å². The number of H-pyrrole nitrogens is 1. The van der Waals surface area contributed by atoms with E-state index in [-0.39, 0.29) is 22.8 Å². The number of aryl methyl sites for hydroxylation is 3. The van der Waals surface area contributed by atoms with Gasteiger partial charge in [0.25, 0.3) is 5.56 Å². The Morgan fingerprint density at radius 2 is 2.03 bits per heavy atom. The van der Waals surface area contributed by atoms with Crippen LogP contribution >= 0.6 is 11.3 Å². The Balaban J connectivity index is 1.47. The molecule has 32 heavy (non-hydrogen) atoms. The molecule has 1 aromatic carbocycles. The van der Waals surface area contributed by atoms with Gasteiger partial charge in [-0.1, -0.05) is 6.07 Å². The summed E-state index contributed by atoms with van der Waals surface area (Å²) in [5.74, 6) is 0.941. The van der Waals surface area contributed by atoms with Gasteiger partial charge in [-0.05, 0) is 44.0 Å². The molecule has 0 aliphatic rings. The van der Waals surface area contributed by atoms with Crippen molar-refractivity contribution in [2.24, 2.45) is 0 Å². The second-order valence-corrected chi connectivity index (χ2v) is 11.0. The Kier molecular flexibility index (Phi) is 7.35. The zero-order chi connectivity index (χ0) is 23.5. The van der Waals surface area contributed by atoms with Gasteiger partial charge >= 0.3 is 0 Å². The van der Waals surface area contributed by atoms with Crippen molar-refractivity contribution < 1.29 is 17.9 Å². The van der Waals surface area contributed by atoms with E-state index < -0.39 is 9.84 Å². The molecule has 0 spiro atoms. The number of thiophene rings is 1. The minimum absolute atomic E-state index is 0.0506. The lowest BCUT2D eigenvalue weighted by atomic mass is 10.2. The van der Waals surface area contributed by atoms with Crippen LogP contribution in [0.4, 0.5) is 0 Å². The second kappa shape index (κ2) is 9.83. The summed E-state index contributed by atoms with van der Waals surface area (Å²) in [5, 5.41) is 0.627. The summed E-state index contributed by atoms with van der Waals surface area (Å²) in [7, 11) is -1.57. The highest BCUT2D eigenvalue weighted by Crippen LogP contribution is 2.25. The molecule has 3 aromatic rings. The Morgan fingerprint density at radius 1 is 1.28 bits per heavy atom. The molecule has 0 saturated heterocycles. The number of benzene rings is 1. The van der Waals surface area contributed by atoms with Crippen LogP contribution in [-0.2, 0) is 21.1 Å². The fraction of sp³-hybridized carbons (Fsp3) is 0.409. The van der Waals surface area contributed by atoms with E-state index in [1.807, 2.05) is 13.8 Å². The molecule has 0 bridgehead atoms. The number of amides is 1. The highest BCUT2D eigenvalue weighted by Gasteiger charge is 2.14. The van der Waals surface area contributed by atoms with Crippen LogP contribution in [0.3, 0.4) is 0 Å². The van der Waals surface area contributed by atoms with Crippen LogP contribution in [0.1, 0.15) is 29.1 Å². The average Bonchev–Trinajstić information content (AvgIpc) is 3.02. The number of nitrogens with zero attached hydrogens (tertiary/aromatic N) is 2. The third-order valence-corrected chi connectivity index (χ3v) is 7.44. The van der Waals surface area contributed by atoms with E-state index in [2.05, 4.69) is 9.97 Å². The topological polar surface area (TPSA) is 109 Å². The van der Waals surface area contributed by atoms with Crippen molar-refractivity contribution in [1.82, 2.24) is 14.9 Å². The van der Waals surface area contributed by atoms with Gasteiger partial charge in [0.2, 0.25) is 5.91 Å². The summed E-state index contributed by atoms with van der Waals surface area (Å²) in [6, 6.07) is 6.35. The number of nitrogens with one attached hydrogen (secondary N) is 1. The Hall–Kier alpha value is -2.72. The normalized spacial score (nSPS) is 11.6. The van der Waals surface area contributed by atoms with Gasteiger partial charge in [-0.3, -0.25) is 9.59 Å². The molecule has 0 unspecified atom stereocenters. The summed E-state index contributed by atoms with van der Waals surface area (Å²) >= 11 is 1.49. The molecular weight excluding hydrogens is 450 g/mol. The lowest BCUT2D eigenvalue weighted by molar-refractivity contribution is -0.130. The summed E-state index contributed by atoms with van der Waals surface area (Å²) < 4.78 is 28.9. The van der Waals surface area contributed by atoms with Gasteiger partial charge in [-0.15, -0.1) is 11.3 Å². The third-order valence-electron chi connectivity index (χ3n) is 5.23. The van der Waals surface area contributed by atoms with Crippen molar-refractivity contribution in [2.45, 2.75) is 38.0 Å². The number of ether oxygens (including phenoxy) is 1. The van der Waals surface area contributed by atoms with Crippen LogP contribution in [0.5, 0.6) is 5.75 Å². The Bertz CT molecular complexity index is 1290. The Morgan fingerprint density at radius 3 is 2.75 bits per heavy atom.